The zero-order valence-electron chi connectivity index (χ0n) is 10.5. The summed E-state index contributed by atoms with van der Waals surface area (Å²) in [5.74, 6) is -13.7. The summed E-state index contributed by atoms with van der Waals surface area (Å²) in [4.78, 5) is 12.1. The number of benzene rings is 1. The van der Waals surface area contributed by atoms with Crippen LogP contribution in [0.1, 0.15) is 10.4 Å². The fraction of sp³-hybridized carbons (Fsp3) is 0.154. The normalized spacial score (nSPS) is 10.8. The third-order valence-electron chi connectivity index (χ3n) is 2.66. The lowest BCUT2D eigenvalue weighted by Crippen LogP contribution is -2.15. The zero-order chi connectivity index (χ0) is 15.7. The summed E-state index contributed by atoms with van der Waals surface area (Å²) < 4.78 is 69.7. The molecule has 0 aliphatic heterocycles. The minimum absolute atomic E-state index is 0.330. The molecule has 0 fully saturated rings. The molecule has 1 aromatic heterocycles. The number of aryl methyl sites for hydroxylation is 1. The van der Waals surface area contributed by atoms with Gasteiger partial charge in [0.1, 0.15) is 0 Å². The first-order valence-corrected chi connectivity index (χ1v) is 6.46. The molecule has 112 valence electrons. The summed E-state index contributed by atoms with van der Waals surface area (Å²) in [5.41, 5.74) is 0.759. The molecule has 0 saturated carbocycles. The van der Waals surface area contributed by atoms with Crippen LogP contribution in [-0.2, 0) is 11.2 Å². The van der Waals surface area contributed by atoms with Gasteiger partial charge in [0.25, 0.3) is 0 Å². The van der Waals surface area contributed by atoms with Gasteiger partial charge in [-0.3, -0.25) is 4.79 Å². The van der Waals surface area contributed by atoms with Gasteiger partial charge in [-0.15, -0.1) is 11.3 Å². The van der Waals surface area contributed by atoms with Crippen molar-refractivity contribution in [1.29, 1.82) is 0 Å². The number of hydrogen-bond acceptors (Lipinski definition) is 3. The second-order valence-corrected chi connectivity index (χ2v) is 5.08. The van der Waals surface area contributed by atoms with Crippen LogP contribution in [0.2, 0.25) is 0 Å². The fourth-order valence-corrected chi connectivity index (χ4v) is 2.43. The van der Waals surface area contributed by atoms with Crippen LogP contribution in [0.25, 0.3) is 0 Å². The van der Waals surface area contributed by atoms with Crippen molar-refractivity contribution in [3.63, 3.8) is 0 Å². The predicted molar refractivity (Wildman–Crippen MR) is 64.6 cm³/mol. The van der Waals surface area contributed by atoms with E-state index in [2.05, 4.69) is 4.74 Å². The maximum Gasteiger partial charge on any atom is 0.316 e. The molecular weight excluding hydrogens is 315 g/mol. The predicted octanol–water partition coefficient (Wildman–Crippen LogP) is 3.90. The molecule has 0 amide bonds. The van der Waals surface area contributed by atoms with Crippen LogP contribution in [-0.4, -0.2) is 5.97 Å². The van der Waals surface area contributed by atoms with Gasteiger partial charge in [0.2, 0.25) is 34.8 Å². The van der Waals surface area contributed by atoms with Crippen molar-refractivity contribution >= 4 is 17.3 Å². The summed E-state index contributed by atoms with van der Waals surface area (Å²) >= 11 is 1.21. The van der Waals surface area contributed by atoms with Gasteiger partial charge < -0.3 is 4.74 Å². The number of ether oxygens (including phenoxy) is 1. The third kappa shape index (κ3) is 2.90. The average Bonchev–Trinajstić information content (AvgIpc) is 2.84. The molecule has 2 nitrogen and oxygen atoms in total. The van der Waals surface area contributed by atoms with E-state index in [1.54, 1.807) is 18.4 Å². The van der Waals surface area contributed by atoms with Gasteiger partial charge in [-0.2, -0.15) is 8.78 Å². The molecule has 0 atom stereocenters. The molecular formula is C13H7F5O2S. The fourth-order valence-electron chi connectivity index (χ4n) is 1.54. The topological polar surface area (TPSA) is 26.3 Å². The minimum Gasteiger partial charge on any atom is -0.420 e. The number of esters is 1. The highest BCUT2D eigenvalue weighted by Gasteiger charge is 2.28. The van der Waals surface area contributed by atoms with Gasteiger partial charge in [-0.05, 0) is 23.9 Å². The van der Waals surface area contributed by atoms with Gasteiger partial charge >= 0.3 is 5.97 Å². The molecule has 0 aliphatic rings. The van der Waals surface area contributed by atoms with Crippen molar-refractivity contribution in [3.8, 4) is 5.75 Å². The van der Waals surface area contributed by atoms with Crippen molar-refractivity contribution < 1.29 is 31.5 Å². The number of carbonyl (C=O) groups is 1. The minimum atomic E-state index is -2.31. The Kier molecular flexibility index (Phi) is 4.26. The van der Waals surface area contributed by atoms with Gasteiger partial charge in [-0.1, -0.05) is 0 Å². The highest BCUT2D eigenvalue weighted by Crippen LogP contribution is 2.29. The number of thiophene rings is 1. The van der Waals surface area contributed by atoms with E-state index in [0.717, 1.165) is 5.56 Å². The largest absolute Gasteiger partial charge is 0.420 e. The Morgan fingerprint density at radius 3 is 2.05 bits per heavy atom. The number of carbonyl (C=O) groups excluding carboxylic acids is 1. The SMILES string of the molecule is Cc1ccsc1CC(=O)Oc1c(F)c(F)c(F)c(F)c1F. The molecule has 0 N–H and O–H groups in total. The quantitative estimate of drug-likeness (QED) is 0.282. The lowest BCUT2D eigenvalue weighted by Gasteiger charge is -2.08. The molecule has 8 heteroatoms. The molecule has 0 unspecified atom stereocenters. The molecule has 21 heavy (non-hydrogen) atoms. The van der Waals surface area contributed by atoms with E-state index in [0.29, 0.717) is 4.88 Å². The van der Waals surface area contributed by atoms with Crippen LogP contribution in [0, 0.1) is 36.0 Å². The van der Waals surface area contributed by atoms with Gasteiger partial charge in [0.15, 0.2) is 0 Å². The van der Waals surface area contributed by atoms with E-state index in [1.165, 1.54) is 11.3 Å². The summed E-state index contributed by atoms with van der Waals surface area (Å²) in [6.07, 6.45) is -0.330. The van der Waals surface area contributed by atoms with E-state index in [9.17, 15) is 26.7 Å². The molecule has 0 aliphatic carbocycles. The Labute approximate surface area is 119 Å². The Bertz CT molecular complexity index is 682. The van der Waals surface area contributed by atoms with E-state index in [1.807, 2.05) is 0 Å². The lowest BCUT2D eigenvalue weighted by atomic mass is 10.2. The Morgan fingerprint density at radius 1 is 1.05 bits per heavy atom. The lowest BCUT2D eigenvalue weighted by molar-refractivity contribution is -0.134. The Hall–Kier alpha value is -1.96. The van der Waals surface area contributed by atoms with E-state index in [-0.39, 0.29) is 6.42 Å². The van der Waals surface area contributed by atoms with Crippen LogP contribution < -0.4 is 4.74 Å². The van der Waals surface area contributed by atoms with Crippen LogP contribution in [0.5, 0.6) is 5.75 Å². The molecule has 2 rings (SSSR count). The van der Waals surface area contributed by atoms with Crippen LogP contribution in [0.3, 0.4) is 0 Å². The first kappa shape index (κ1) is 15.4. The number of hydrogen-bond donors (Lipinski definition) is 0. The average molecular weight is 322 g/mol. The van der Waals surface area contributed by atoms with Crippen LogP contribution in [0.4, 0.5) is 22.0 Å². The Morgan fingerprint density at radius 2 is 1.57 bits per heavy atom. The Balaban J connectivity index is 2.28. The van der Waals surface area contributed by atoms with Gasteiger partial charge in [0.05, 0.1) is 6.42 Å². The molecule has 0 radical (unpaired) electrons. The van der Waals surface area contributed by atoms with Crippen molar-refractivity contribution in [3.05, 3.63) is 51.0 Å². The van der Waals surface area contributed by atoms with Crippen LogP contribution in [0.15, 0.2) is 11.4 Å². The van der Waals surface area contributed by atoms with Gasteiger partial charge in [0, 0.05) is 4.88 Å². The van der Waals surface area contributed by atoms with E-state index in [4.69, 9.17) is 0 Å². The van der Waals surface area contributed by atoms with Gasteiger partial charge in [-0.25, -0.2) is 13.2 Å². The summed E-state index contributed by atoms with van der Waals surface area (Å²) in [7, 11) is 0. The smallest absolute Gasteiger partial charge is 0.316 e. The first-order valence-electron chi connectivity index (χ1n) is 5.58. The molecule has 0 spiro atoms. The molecule has 2 aromatic rings. The van der Waals surface area contributed by atoms with Crippen molar-refractivity contribution in [2.45, 2.75) is 13.3 Å². The second kappa shape index (κ2) is 5.80. The first-order chi connectivity index (χ1) is 9.82. The highest BCUT2D eigenvalue weighted by atomic mass is 32.1. The van der Waals surface area contributed by atoms with Crippen molar-refractivity contribution in [1.82, 2.24) is 0 Å². The highest BCUT2D eigenvalue weighted by molar-refractivity contribution is 7.10. The number of rotatable bonds is 3. The molecule has 0 saturated heterocycles. The maximum absolute atomic E-state index is 13.3. The third-order valence-corrected chi connectivity index (χ3v) is 3.68. The summed E-state index contributed by atoms with van der Waals surface area (Å²) in [6, 6.07) is 1.71. The van der Waals surface area contributed by atoms with Crippen molar-refractivity contribution in [2.75, 3.05) is 0 Å². The maximum atomic E-state index is 13.3. The summed E-state index contributed by atoms with van der Waals surface area (Å²) in [5, 5.41) is 1.69. The number of halogens is 5. The van der Waals surface area contributed by atoms with Crippen molar-refractivity contribution in [2.24, 2.45) is 0 Å². The standard InChI is InChI=1S/C13H7F5O2S/c1-5-2-3-21-6(5)4-7(19)20-13-11(17)9(15)8(14)10(16)12(13)18/h2-3H,4H2,1H3. The monoisotopic (exact) mass is 322 g/mol. The zero-order valence-corrected chi connectivity index (χ0v) is 11.3. The second-order valence-electron chi connectivity index (χ2n) is 4.08. The molecule has 1 aromatic carbocycles. The van der Waals surface area contributed by atoms with E-state index >= 15 is 0 Å². The molecule has 0 bridgehead atoms. The van der Waals surface area contributed by atoms with Crippen LogP contribution >= 0.6 is 11.3 Å². The molecule has 1 heterocycles. The van der Waals surface area contributed by atoms with E-state index < -0.39 is 40.8 Å². The summed E-state index contributed by atoms with van der Waals surface area (Å²) in [6.45, 7) is 1.71.